The van der Waals surface area contributed by atoms with Gasteiger partial charge in [-0.1, -0.05) is 37.3 Å². The summed E-state index contributed by atoms with van der Waals surface area (Å²) in [5.74, 6) is -0.776. The minimum atomic E-state index is -3.78. The molecule has 0 radical (unpaired) electrons. The smallest absolute Gasteiger partial charge is 0.254 e. The second-order valence-corrected chi connectivity index (χ2v) is 9.95. The number of sulfonamides is 1. The molecule has 2 amide bonds. The number of hydrogen-bond acceptors (Lipinski definition) is 5. The number of para-hydroxylation sites is 1. The van der Waals surface area contributed by atoms with Crippen LogP contribution in [-0.2, 0) is 27.8 Å². The van der Waals surface area contributed by atoms with Crippen molar-refractivity contribution in [2.24, 2.45) is 0 Å². The van der Waals surface area contributed by atoms with Crippen LogP contribution < -0.4 is 10.0 Å². The van der Waals surface area contributed by atoms with E-state index in [1.165, 1.54) is 47.5 Å². The third kappa shape index (κ3) is 6.03. The highest BCUT2D eigenvalue weighted by atomic mass is 32.2. The SMILES string of the molecule is CCc1ccccc1NC(=O)CN(C)C(=O)c1cccc(S(=O)(=O)NCc2cccs2)c1. The van der Waals surface area contributed by atoms with Crippen molar-refractivity contribution in [1.29, 1.82) is 0 Å². The van der Waals surface area contributed by atoms with E-state index in [2.05, 4.69) is 10.0 Å². The van der Waals surface area contributed by atoms with Crippen LogP contribution in [0.25, 0.3) is 0 Å². The number of nitrogens with zero attached hydrogens (tertiary/aromatic N) is 1. The lowest BCUT2D eigenvalue weighted by Crippen LogP contribution is -2.35. The van der Waals surface area contributed by atoms with Gasteiger partial charge in [-0.3, -0.25) is 9.59 Å². The molecule has 0 saturated carbocycles. The van der Waals surface area contributed by atoms with Gasteiger partial charge in [0.1, 0.15) is 0 Å². The molecule has 32 heavy (non-hydrogen) atoms. The van der Waals surface area contributed by atoms with E-state index >= 15 is 0 Å². The topological polar surface area (TPSA) is 95.6 Å². The zero-order chi connectivity index (χ0) is 23.1. The average Bonchev–Trinajstić information content (AvgIpc) is 3.31. The van der Waals surface area contributed by atoms with Crippen LogP contribution in [0, 0.1) is 0 Å². The number of carbonyl (C=O) groups is 2. The second-order valence-electron chi connectivity index (χ2n) is 7.15. The average molecular weight is 472 g/mol. The Bertz CT molecular complexity index is 1190. The molecule has 0 aliphatic rings. The van der Waals surface area contributed by atoms with Gasteiger partial charge in [-0.15, -0.1) is 11.3 Å². The molecule has 0 atom stereocenters. The third-order valence-electron chi connectivity index (χ3n) is 4.81. The van der Waals surface area contributed by atoms with E-state index in [4.69, 9.17) is 0 Å². The molecular weight excluding hydrogens is 446 g/mol. The summed E-state index contributed by atoms with van der Waals surface area (Å²) in [6.45, 7) is 2.01. The molecule has 2 aromatic carbocycles. The van der Waals surface area contributed by atoms with E-state index in [1.807, 2.05) is 48.7 Å². The van der Waals surface area contributed by atoms with E-state index in [1.54, 1.807) is 0 Å². The maximum atomic E-state index is 12.8. The zero-order valence-corrected chi connectivity index (χ0v) is 19.5. The van der Waals surface area contributed by atoms with Crippen LogP contribution in [0.15, 0.2) is 70.9 Å². The first-order chi connectivity index (χ1) is 15.3. The second kappa shape index (κ2) is 10.5. The van der Waals surface area contributed by atoms with Gasteiger partial charge < -0.3 is 10.2 Å². The molecule has 0 spiro atoms. The van der Waals surface area contributed by atoms with Gasteiger partial charge in [0.25, 0.3) is 5.91 Å². The van der Waals surface area contributed by atoms with Crippen LogP contribution >= 0.6 is 11.3 Å². The van der Waals surface area contributed by atoms with Crippen molar-refractivity contribution in [2.75, 3.05) is 18.9 Å². The Hall–Kier alpha value is -3.01. The van der Waals surface area contributed by atoms with Crippen molar-refractivity contribution in [3.8, 4) is 0 Å². The summed E-state index contributed by atoms with van der Waals surface area (Å²) in [4.78, 5) is 27.4. The fraction of sp³-hybridized carbons (Fsp3) is 0.217. The van der Waals surface area contributed by atoms with E-state index in [9.17, 15) is 18.0 Å². The van der Waals surface area contributed by atoms with Crippen LogP contribution in [0.1, 0.15) is 27.7 Å². The van der Waals surface area contributed by atoms with Crippen LogP contribution in [0.5, 0.6) is 0 Å². The Morgan fingerprint density at radius 1 is 1.03 bits per heavy atom. The van der Waals surface area contributed by atoms with Gasteiger partial charge in [-0.05, 0) is 47.7 Å². The highest BCUT2D eigenvalue weighted by Crippen LogP contribution is 2.17. The molecule has 2 N–H and O–H groups in total. The Kier molecular flexibility index (Phi) is 7.79. The number of benzene rings is 2. The highest BCUT2D eigenvalue weighted by molar-refractivity contribution is 7.89. The van der Waals surface area contributed by atoms with Gasteiger partial charge in [0.15, 0.2) is 0 Å². The first kappa shape index (κ1) is 23.6. The number of aryl methyl sites for hydroxylation is 1. The normalized spacial score (nSPS) is 11.2. The van der Waals surface area contributed by atoms with Gasteiger partial charge in [0, 0.05) is 29.7 Å². The number of hydrogen-bond donors (Lipinski definition) is 2. The molecule has 9 heteroatoms. The number of likely N-dealkylation sites (N-methyl/N-ethyl adjacent to an activating group) is 1. The minimum absolute atomic E-state index is 0.00497. The van der Waals surface area contributed by atoms with E-state index in [0.29, 0.717) is 5.69 Å². The molecule has 0 saturated heterocycles. The van der Waals surface area contributed by atoms with Crippen molar-refractivity contribution in [3.63, 3.8) is 0 Å². The third-order valence-corrected chi connectivity index (χ3v) is 7.08. The van der Waals surface area contributed by atoms with Crippen LogP contribution in [0.4, 0.5) is 5.69 Å². The highest BCUT2D eigenvalue weighted by Gasteiger charge is 2.19. The van der Waals surface area contributed by atoms with Crippen molar-refractivity contribution < 1.29 is 18.0 Å². The largest absolute Gasteiger partial charge is 0.332 e. The maximum absolute atomic E-state index is 12.8. The lowest BCUT2D eigenvalue weighted by Gasteiger charge is -2.18. The van der Waals surface area contributed by atoms with Gasteiger partial charge >= 0.3 is 0 Å². The lowest BCUT2D eigenvalue weighted by atomic mass is 10.1. The Morgan fingerprint density at radius 2 is 1.81 bits per heavy atom. The fourth-order valence-corrected chi connectivity index (χ4v) is 4.89. The van der Waals surface area contributed by atoms with Crippen molar-refractivity contribution in [1.82, 2.24) is 9.62 Å². The van der Waals surface area contributed by atoms with E-state index in [-0.39, 0.29) is 29.5 Å². The van der Waals surface area contributed by atoms with Crippen molar-refractivity contribution in [2.45, 2.75) is 24.8 Å². The first-order valence-corrected chi connectivity index (χ1v) is 12.4. The number of anilines is 1. The number of carbonyl (C=O) groups excluding carboxylic acids is 2. The molecule has 168 valence electrons. The van der Waals surface area contributed by atoms with Crippen LogP contribution in [0.2, 0.25) is 0 Å². The van der Waals surface area contributed by atoms with Gasteiger partial charge in [-0.25, -0.2) is 13.1 Å². The molecule has 7 nitrogen and oxygen atoms in total. The molecule has 0 fully saturated rings. The summed E-state index contributed by atoms with van der Waals surface area (Å²) >= 11 is 1.45. The molecule has 0 unspecified atom stereocenters. The predicted molar refractivity (Wildman–Crippen MR) is 126 cm³/mol. The zero-order valence-electron chi connectivity index (χ0n) is 17.9. The maximum Gasteiger partial charge on any atom is 0.254 e. The molecule has 1 aromatic heterocycles. The Balaban J connectivity index is 1.66. The molecule has 0 bridgehead atoms. The number of amides is 2. The predicted octanol–water partition coefficient (Wildman–Crippen LogP) is 3.50. The summed E-state index contributed by atoms with van der Waals surface area (Å²) < 4.78 is 27.8. The standard InChI is InChI=1S/C23H25N3O4S2/c1-3-17-8-4-5-12-21(17)25-22(27)16-26(2)23(28)18-9-6-11-20(14-18)32(29,30)24-15-19-10-7-13-31-19/h4-14,24H,3,15-16H2,1-2H3,(H,25,27). The molecule has 3 aromatic rings. The van der Waals surface area contributed by atoms with Crippen molar-refractivity contribution in [3.05, 3.63) is 82.0 Å². The fourth-order valence-electron chi connectivity index (χ4n) is 3.11. The summed E-state index contributed by atoms with van der Waals surface area (Å²) in [7, 11) is -2.28. The lowest BCUT2D eigenvalue weighted by molar-refractivity contribution is -0.116. The molecule has 1 heterocycles. The minimum Gasteiger partial charge on any atom is -0.332 e. The monoisotopic (exact) mass is 471 g/mol. The van der Waals surface area contributed by atoms with E-state index in [0.717, 1.165) is 16.9 Å². The summed E-state index contributed by atoms with van der Waals surface area (Å²) in [6, 6.07) is 17.0. The number of thiophene rings is 1. The van der Waals surface area contributed by atoms with Crippen LogP contribution in [-0.4, -0.2) is 38.7 Å². The quantitative estimate of drug-likeness (QED) is 0.499. The summed E-state index contributed by atoms with van der Waals surface area (Å²) in [6.07, 6.45) is 0.771. The van der Waals surface area contributed by atoms with Crippen LogP contribution in [0.3, 0.4) is 0 Å². The first-order valence-electron chi connectivity index (χ1n) is 10.1. The molecule has 0 aliphatic carbocycles. The molecular formula is C23H25N3O4S2. The number of nitrogens with one attached hydrogen (secondary N) is 2. The Labute approximate surface area is 192 Å². The summed E-state index contributed by atoms with van der Waals surface area (Å²) in [5.41, 5.74) is 1.90. The van der Waals surface area contributed by atoms with Gasteiger partial charge in [0.05, 0.1) is 11.4 Å². The molecule has 0 aliphatic heterocycles. The number of rotatable bonds is 9. The van der Waals surface area contributed by atoms with Gasteiger partial charge in [-0.2, -0.15) is 0 Å². The molecule has 3 rings (SSSR count). The summed E-state index contributed by atoms with van der Waals surface area (Å²) in [5, 5.41) is 4.70. The van der Waals surface area contributed by atoms with E-state index < -0.39 is 15.9 Å². The van der Waals surface area contributed by atoms with Crippen molar-refractivity contribution >= 4 is 38.9 Å². The van der Waals surface area contributed by atoms with Gasteiger partial charge in [0.2, 0.25) is 15.9 Å². The Morgan fingerprint density at radius 3 is 2.53 bits per heavy atom.